The largest absolute Gasteiger partial charge is 0.384 e. The van der Waals surface area contributed by atoms with Crippen molar-refractivity contribution in [3.05, 3.63) is 46.0 Å². The fourth-order valence-electron chi connectivity index (χ4n) is 1.53. The lowest BCUT2D eigenvalue weighted by atomic mass is 10.1. The Kier molecular flexibility index (Phi) is 3.03. The Bertz CT molecular complexity index is 633. The van der Waals surface area contributed by atoms with Gasteiger partial charge in [0.15, 0.2) is 11.5 Å². The predicted molar refractivity (Wildman–Crippen MR) is 63.2 cm³/mol. The fourth-order valence-corrected chi connectivity index (χ4v) is 1.53. The molecule has 1 aromatic heterocycles. The van der Waals surface area contributed by atoms with E-state index in [1.807, 2.05) is 0 Å². The van der Waals surface area contributed by atoms with Crippen LogP contribution in [0.2, 0.25) is 0 Å². The van der Waals surface area contributed by atoms with E-state index in [-0.39, 0.29) is 11.4 Å². The number of nitrogens with zero attached hydrogens (tertiary/aromatic N) is 4. The third-order valence-electron chi connectivity index (χ3n) is 2.51. The highest BCUT2D eigenvalue weighted by molar-refractivity contribution is 5.52. The van der Waals surface area contributed by atoms with Gasteiger partial charge in [0.25, 0.3) is 5.69 Å². The summed E-state index contributed by atoms with van der Waals surface area (Å²) < 4.78 is 14.7. The van der Waals surface area contributed by atoms with E-state index in [0.29, 0.717) is 0 Å². The molecule has 0 unspecified atom stereocenters. The maximum absolute atomic E-state index is 13.7. The number of aliphatic hydroxyl groups is 1. The quantitative estimate of drug-likeness (QED) is 0.671. The maximum Gasteiger partial charge on any atom is 0.297 e. The average molecular weight is 266 g/mol. The van der Waals surface area contributed by atoms with Crippen LogP contribution in [0.15, 0.2) is 24.4 Å². The van der Waals surface area contributed by atoms with Crippen molar-refractivity contribution in [3.8, 4) is 5.69 Å². The van der Waals surface area contributed by atoms with E-state index in [1.54, 1.807) is 0 Å². The van der Waals surface area contributed by atoms with Crippen LogP contribution in [-0.4, -0.2) is 25.0 Å². The van der Waals surface area contributed by atoms with Crippen molar-refractivity contribution in [2.24, 2.45) is 0 Å². The molecule has 0 amide bonds. The van der Waals surface area contributed by atoms with Crippen molar-refractivity contribution in [3.63, 3.8) is 0 Å². The minimum Gasteiger partial charge on any atom is -0.384 e. The third kappa shape index (κ3) is 2.43. The van der Waals surface area contributed by atoms with E-state index in [0.717, 1.165) is 10.7 Å². The Hall–Kier alpha value is -2.35. The summed E-state index contributed by atoms with van der Waals surface area (Å²) in [6.07, 6.45) is 1.26. The van der Waals surface area contributed by atoms with Gasteiger partial charge in [0, 0.05) is 6.07 Å². The Balaban J connectivity index is 2.59. The summed E-state index contributed by atoms with van der Waals surface area (Å²) in [6.45, 7) is 2.97. The van der Waals surface area contributed by atoms with Crippen LogP contribution in [0.5, 0.6) is 0 Å². The summed E-state index contributed by atoms with van der Waals surface area (Å²) in [5, 5.41) is 27.9. The molecule has 100 valence electrons. The molecule has 7 nitrogen and oxygen atoms in total. The van der Waals surface area contributed by atoms with E-state index in [2.05, 4.69) is 10.3 Å². The van der Waals surface area contributed by atoms with Crippen molar-refractivity contribution < 1.29 is 14.4 Å². The summed E-state index contributed by atoms with van der Waals surface area (Å²) in [6, 6.07) is 3.50. The standard InChI is InChI=1S/C11H11FN4O3/c1-11(2,17)9-6-15(14-13-9)10-7(12)4-3-5-8(10)16(18)19/h3-6,17H,1-2H3. The van der Waals surface area contributed by atoms with Crippen molar-refractivity contribution in [1.82, 2.24) is 15.0 Å². The number of benzene rings is 1. The first-order valence-electron chi connectivity index (χ1n) is 5.39. The van der Waals surface area contributed by atoms with Gasteiger partial charge < -0.3 is 5.11 Å². The molecule has 0 aliphatic carbocycles. The second-order valence-electron chi connectivity index (χ2n) is 4.47. The van der Waals surface area contributed by atoms with E-state index in [1.165, 1.54) is 32.2 Å². The maximum atomic E-state index is 13.7. The van der Waals surface area contributed by atoms with Gasteiger partial charge in [0.05, 0.1) is 11.1 Å². The van der Waals surface area contributed by atoms with Crippen molar-refractivity contribution in [2.75, 3.05) is 0 Å². The van der Waals surface area contributed by atoms with Crippen LogP contribution in [0.25, 0.3) is 5.69 Å². The first-order valence-corrected chi connectivity index (χ1v) is 5.39. The predicted octanol–water partition coefficient (Wildman–Crippen LogP) is 1.54. The zero-order chi connectivity index (χ0) is 14.2. The van der Waals surface area contributed by atoms with Crippen LogP contribution in [0.3, 0.4) is 0 Å². The molecule has 1 heterocycles. The topological polar surface area (TPSA) is 94.1 Å². The monoisotopic (exact) mass is 266 g/mol. The molecule has 0 saturated heterocycles. The Morgan fingerprint density at radius 3 is 2.68 bits per heavy atom. The summed E-state index contributed by atoms with van der Waals surface area (Å²) in [5.74, 6) is -0.790. The van der Waals surface area contributed by atoms with Crippen molar-refractivity contribution >= 4 is 5.69 Å². The highest BCUT2D eigenvalue weighted by Crippen LogP contribution is 2.26. The van der Waals surface area contributed by atoms with Gasteiger partial charge in [-0.15, -0.1) is 5.10 Å². The molecule has 2 rings (SSSR count). The highest BCUT2D eigenvalue weighted by Gasteiger charge is 2.25. The molecule has 0 bridgehead atoms. The highest BCUT2D eigenvalue weighted by atomic mass is 19.1. The van der Waals surface area contributed by atoms with Crippen molar-refractivity contribution in [1.29, 1.82) is 0 Å². The van der Waals surface area contributed by atoms with Crippen LogP contribution in [0.4, 0.5) is 10.1 Å². The number of rotatable bonds is 3. The number of hydrogen-bond acceptors (Lipinski definition) is 5. The average Bonchev–Trinajstić information content (AvgIpc) is 2.77. The van der Waals surface area contributed by atoms with Crippen LogP contribution in [-0.2, 0) is 5.60 Å². The smallest absolute Gasteiger partial charge is 0.297 e. The van der Waals surface area contributed by atoms with Gasteiger partial charge in [-0.3, -0.25) is 10.1 Å². The van der Waals surface area contributed by atoms with Crippen LogP contribution >= 0.6 is 0 Å². The Morgan fingerprint density at radius 1 is 1.47 bits per heavy atom. The van der Waals surface area contributed by atoms with E-state index in [4.69, 9.17) is 0 Å². The normalized spacial score (nSPS) is 11.6. The number of nitro groups is 1. The summed E-state index contributed by atoms with van der Waals surface area (Å²) in [4.78, 5) is 10.2. The molecule has 0 atom stereocenters. The van der Waals surface area contributed by atoms with Gasteiger partial charge in [-0.1, -0.05) is 11.3 Å². The number of hydrogen-bond donors (Lipinski definition) is 1. The SMILES string of the molecule is CC(C)(O)c1cn(-c2c(F)cccc2[N+](=O)[O-])nn1. The van der Waals surface area contributed by atoms with Crippen LogP contribution in [0.1, 0.15) is 19.5 Å². The zero-order valence-electron chi connectivity index (χ0n) is 10.2. The molecular formula is C11H11FN4O3. The van der Waals surface area contributed by atoms with Gasteiger partial charge in [-0.05, 0) is 19.9 Å². The van der Waals surface area contributed by atoms with Crippen molar-refractivity contribution in [2.45, 2.75) is 19.4 Å². The molecule has 0 saturated carbocycles. The lowest BCUT2D eigenvalue weighted by molar-refractivity contribution is -0.384. The van der Waals surface area contributed by atoms with E-state index in [9.17, 15) is 19.6 Å². The second kappa shape index (κ2) is 4.39. The molecule has 0 spiro atoms. The molecule has 2 aromatic rings. The Morgan fingerprint density at radius 2 is 2.16 bits per heavy atom. The molecule has 0 aliphatic rings. The summed E-state index contributed by atoms with van der Waals surface area (Å²) in [7, 11) is 0. The molecule has 1 N–H and O–H groups in total. The first kappa shape index (κ1) is 13.1. The molecular weight excluding hydrogens is 255 g/mol. The fraction of sp³-hybridized carbons (Fsp3) is 0.273. The minimum absolute atomic E-state index is 0.185. The Labute approximate surface area is 107 Å². The van der Waals surface area contributed by atoms with E-state index >= 15 is 0 Å². The lowest BCUT2D eigenvalue weighted by Crippen LogP contribution is -2.15. The number of para-hydroxylation sites is 1. The number of aromatic nitrogens is 3. The molecule has 8 heteroatoms. The summed E-state index contributed by atoms with van der Waals surface area (Å²) >= 11 is 0. The van der Waals surface area contributed by atoms with E-state index < -0.39 is 22.0 Å². The van der Waals surface area contributed by atoms with Gasteiger partial charge in [-0.25, -0.2) is 9.07 Å². The van der Waals surface area contributed by atoms with Gasteiger partial charge >= 0.3 is 0 Å². The van der Waals surface area contributed by atoms with Crippen LogP contribution in [0, 0.1) is 15.9 Å². The lowest BCUT2D eigenvalue weighted by Gasteiger charge is -2.11. The minimum atomic E-state index is -1.27. The number of halogens is 1. The molecule has 0 fully saturated rings. The molecule has 1 aromatic carbocycles. The van der Waals surface area contributed by atoms with Gasteiger partial charge in [0.1, 0.15) is 11.3 Å². The summed E-state index contributed by atoms with van der Waals surface area (Å²) in [5.41, 5.74) is -1.81. The van der Waals surface area contributed by atoms with Gasteiger partial charge in [0.2, 0.25) is 0 Å². The zero-order valence-corrected chi connectivity index (χ0v) is 10.2. The van der Waals surface area contributed by atoms with Crippen LogP contribution < -0.4 is 0 Å². The molecule has 0 aliphatic heterocycles. The molecule has 0 radical (unpaired) electrons. The third-order valence-corrected chi connectivity index (χ3v) is 2.51. The first-order chi connectivity index (χ1) is 8.80. The second-order valence-corrected chi connectivity index (χ2v) is 4.47. The van der Waals surface area contributed by atoms with Gasteiger partial charge in [-0.2, -0.15) is 0 Å². The number of nitro benzene ring substituents is 1. The molecule has 19 heavy (non-hydrogen) atoms.